The van der Waals surface area contributed by atoms with Crippen LogP contribution in [0.2, 0.25) is 5.02 Å². The van der Waals surface area contributed by atoms with Crippen molar-refractivity contribution in [1.29, 1.82) is 0 Å². The van der Waals surface area contributed by atoms with Crippen molar-refractivity contribution in [3.63, 3.8) is 0 Å². The minimum atomic E-state index is 0. The summed E-state index contributed by atoms with van der Waals surface area (Å²) in [6.07, 6.45) is 5.52. The third kappa shape index (κ3) is 3.31. The van der Waals surface area contributed by atoms with Crippen LogP contribution in [0.3, 0.4) is 0 Å². The standard InChI is InChI=1S/C15H13ClN3O.BrH/c1-18-10-17-13-8-19(7-6-14(13)18)9-15(20)11-2-4-12(16)5-3-11;/h2-8,10H,9H2,1H3;1H/q+1;/p-1. The second-order valence-corrected chi connectivity index (χ2v) is 5.11. The maximum atomic E-state index is 12.2. The van der Waals surface area contributed by atoms with E-state index in [9.17, 15) is 4.79 Å². The average Bonchev–Trinajstić information content (AvgIpc) is 2.81. The van der Waals surface area contributed by atoms with E-state index >= 15 is 0 Å². The fourth-order valence-electron chi connectivity index (χ4n) is 2.12. The molecule has 0 radical (unpaired) electrons. The summed E-state index contributed by atoms with van der Waals surface area (Å²) in [6, 6.07) is 8.88. The molecule has 3 rings (SSSR count). The number of benzene rings is 1. The van der Waals surface area contributed by atoms with Crippen molar-refractivity contribution in [2.75, 3.05) is 0 Å². The molecule has 6 heteroatoms. The molecule has 4 nitrogen and oxygen atoms in total. The van der Waals surface area contributed by atoms with Crippen molar-refractivity contribution >= 4 is 28.4 Å². The molecule has 0 aliphatic heterocycles. The molecule has 0 unspecified atom stereocenters. The first-order chi connectivity index (χ1) is 9.63. The molecular weight excluding hydrogens is 354 g/mol. The number of carbonyl (C=O) groups excluding carboxylic acids is 1. The van der Waals surface area contributed by atoms with Gasteiger partial charge in [0.15, 0.2) is 17.9 Å². The number of halogens is 2. The van der Waals surface area contributed by atoms with E-state index in [2.05, 4.69) is 4.98 Å². The zero-order valence-electron chi connectivity index (χ0n) is 11.3. The van der Waals surface area contributed by atoms with Gasteiger partial charge in [-0.2, -0.15) is 4.57 Å². The van der Waals surface area contributed by atoms with Crippen molar-refractivity contribution < 1.29 is 26.3 Å². The van der Waals surface area contributed by atoms with Gasteiger partial charge in [-0.15, -0.1) is 0 Å². The number of hydrogen-bond acceptors (Lipinski definition) is 2. The first-order valence-electron chi connectivity index (χ1n) is 6.22. The Bertz CT molecular complexity index is 783. The van der Waals surface area contributed by atoms with Gasteiger partial charge in [-0.05, 0) is 24.3 Å². The van der Waals surface area contributed by atoms with Crippen LogP contribution in [-0.4, -0.2) is 15.3 Å². The second-order valence-electron chi connectivity index (χ2n) is 4.67. The quantitative estimate of drug-likeness (QED) is 0.459. The van der Waals surface area contributed by atoms with E-state index in [0.717, 1.165) is 11.0 Å². The van der Waals surface area contributed by atoms with Crippen molar-refractivity contribution in [1.82, 2.24) is 9.55 Å². The van der Waals surface area contributed by atoms with Crippen LogP contribution in [-0.2, 0) is 13.6 Å². The molecule has 0 spiro atoms. The van der Waals surface area contributed by atoms with Gasteiger partial charge in [0, 0.05) is 23.7 Å². The summed E-state index contributed by atoms with van der Waals surface area (Å²) in [5, 5.41) is 0.629. The van der Waals surface area contributed by atoms with E-state index in [1.165, 1.54) is 0 Å². The highest BCUT2D eigenvalue weighted by Crippen LogP contribution is 2.11. The Kier molecular flexibility index (Phi) is 4.75. The van der Waals surface area contributed by atoms with Crippen LogP contribution in [0.5, 0.6) is 0 Å². The lowest BCUT2D eigenvalue weighted by Crippen LogP contribution is -3.00. The van der Waals surface area contributed by atoms with Crippen LogP contribution in [0.1, 0.15) is 10.4 Å². The predicted octanol–water partition coefficient (Wildman–Crippen LogP) is -0.599. The van der Waals surface area contributed by atoms with Crippen LogP contribution >= 0.6 is 11.6 Å². The van der Waals surface area contributed by atoms with E-state index < -0.39 is 0 Å². The van der Waals surface area contributed by atoms with E-state index in [1.54, 1.807) is 30.6 Å². The first kappa shape index (κ1) is 15.7. The van der Waals surface area contributed by atoms with Crippen LogP contribution in [0.15, 0.2) is 49.1 Å². The van der Waals surface area contributed by atoms with E-state index in [-0.39, 0.29) is 29.3 Å². The first-order valence-corrected chi connectivity index (χ1v) is 6.60. The third-order valence-corrected chi connectivity index (χ3v) is 3.47. The Balaban J connectivity index is 0.00000161. The smallest absolute Gasteiger partial charge is 0.227 e. The number of pyridine rings is 1. The summed E-state index contributed by atoms with van der Waals surface area (Å²) < 4.78 is 3.78. The summed E-state index contributed by atoms with van der Waals surface area (Å²) in [7, 11) is 1.94. The number of imidazole rings is 1. The summed E-state index contributed by atoms with van der Waals surface area (Å²) in [5.41, 5.74) is 2.57. The van der Waals surface area contributed by atoms with Crippen LogP contribution in [0.25, 0.3) is 11.0 Å². The monoisotopic (exact) mass is 365 g/mol. The van der Waals surface area contributed by atoms with E-state index in [4.69, 9.17) is 11.6 Å². The number of nitrogens with zero attached hydrogens (tertiary/aromatic N) is 3. The summed E-state index contributed by atoms with van der Waals surface area (Å²) in [5.74, 6) is 0.0435. The van der Waals surface area contributed by atoms with Crippen molar-refractivity contribution in [2.24, 2.45) is 7.05 Å². The van der Waals surface area contributed by atoms with Gasteiger partial charge in [0.05, 0.1) is 11.8 Å². The molecule has 108 valence electrons. The minimum absolute atomic E-state index is 0. The Morgan fingerprint density at radius 1 is 1.29 bits per heavy atom. The SMILES string of the molecule is Cn1cnc2c[n+](CC(=O)c3ccc(Cl)cc3)ccc21.[Br-]. The maximum absolute atomic E-state index is 12.2. The minimum Gasteiger partial charge on any atom is -1.00 e. The molecule has 0 bridgehead atoms. The van der Waals surface area contributed by atoms with Gasteiger partial charge < -0.3 is 21.5 Å². The Hall–Kier alpha value is -1.72. The molecule has 0 aliphatic rings. The summed E-state index contributed by atoms with van der Waals surface area (Å²) in [4.78, 5) is 16.5. The molecular formula is C15H13BrClN3O. The number of ketones is 1. The molecule has 0 amide bonds. The Labute approximate surface area is 137 Å². The molecule has 0 saturated carbocycles. The van der Waals surface area contributed by atoms with Gasteiger partial charge in [-0.3, -0.25) is 4.79 Å². The van der Waals surface area contributed by atoms with Gasteiger partial charge in [0.2, 0.25) is 12.3 Å². The predicted molar refractivity (Wildman–Crippen MR) is 76.7 cm³/mol. The largest absolute Gasteiger partial charge is 1.00 e. The molecule has 2 heterocycles. The van der Waals surface area contributed by atoms with E-state index in [0.29, 0.717) is 10.6 Å². The van der Waals surface area contributed by atoms with Gasteiger partial charge in [0.25, 0.3) is 0 Å². The van der Waals surface area contributed by atoms with Gasteiger partial charge in [-0.1, -0.05) is 11.6 Å². The summed E-state index contributed by atoms with van der Waals surface area (Å²) in [6.45, 7) is 0.286. The summed E-state index contributed by atoms with van der Waals surface area (Å²) >= 11 is 5.82. The lowest BCUT2D eigenvalue weighted by atomic mass is 10.1. The second kappa shape index (κ2) is 6.37. The van der Waals surface area contributed by atoms with Crippen molar-refractivity contribution in [3.8, 4) is 0 Å². The van der Waals surface area contributed by atoms with Crippen LogP contribution < -0.4 is 21.5 Å². The maximum Gasteiger partial charge on any atom is 0.227 e. The highest BCUT2D eigenvalue weighted by molar-refractivity contribution is 6.30. The topological polar surface area (TPSA) is 38.8 Å². The molecule has 3 aromatic rings. The molecule has 0 fully saturated rings. The molecule has 0 N–H and O–H groups in total. The van der Waals surface area contributed by atoms with Crippen molar-refractivity contribution in [2.45, 2.75) is 6.54 Å². The zero-order valence-corrected chi connectivity index (χ0v) is 13.7. The fourth-order valence-corrected chi connectivity index (χ4v) is 2.24. The molecule has 0 saturated heterocycles. The van der Waals surface area contributed by atoms with E-state index in [1.807, 2.05) is 34.6 Å². The molecule has 1 aromatic carbocycles. The Morgan fingerprint density at radius 3 is 2.71 bits per heavy atom. The van der Waals surface area contributed by atoms with Gasteiger partial charge >= 0.3 is 0 Å². The highest BCUT2D eigenvalue weighted by atomic mass is 79.9. The van der Waals surface area contributed by atoms with Gasteiger partial charge in [-0.25, -0.2) is 4.98 Å². The van der Waals surface area contributed by atoms with Crippen molar-refractivity contribution in [3.05, 3.63) is 59.6 Å². The average molecular weight is 367 g/mol. The number of rotatable bonds is 3. The number of carbonyl (C=O) groups is 1. The molecule has 0 atom stereocenters. The van der Waals surface area contributed by atoms with Crippen LogP contribution in [0.4, 0.5) is 0 Å². The number of hydrogen-bond donors (Lipinski definition) is 0. The number of fused-ring (bicyclic) bond motifs is 1. The number of aromatic nitrogens is 3. The normalized spacial score (nSPS) is 10.4. The Morgan fingerprint density at radius 2 is 2.00 bits per heavy atom. The third-order valence-electron chi connectivity index (χ3n) is 3.22. The molecule has 0 aliphatic carbocycles. The molecule has 21 heavy (non-hydrogen) atoms. The number of Topliss-reactive ketones (excluding diaryl/α,β-unsaturated/α-hetero) is 1. The lowest BCUT2D eigenvalue weighted by Gasteiger charge is -1.99. The van der Waals surface area contributed by atoms with Gasteiger partial charge in [0.1, 0.15) is 0 Å². The highest BCUT2D eigenvalue weighted by Gasteiger charge is 2.13. The lowest BCUT2D eigenvalue weighted by molar-refractivity contribution is -0.681. The van der Waals surface area contributed by atoms with Crippen LogP contribution in [0, 0.1) is 0 Å². The molecule has 2 aromatic heterocycles. The zero-order chi connectivity index (χ0) is 14.1. The number of aryl methyl sites for hydroxylation is 1. The fraction of sp³-hybridized carbons (Fsp3) is 0.133.